The number of fused-ring (bicyclic) bond motifs is 1. The highest BCUT2D eigenvalue weighted by molar-refractivity contribution is 6.10. The molecule has 0 radical (unpaired) electrons. The molecular weight excluding hydrogens is 482 g/mol. The Balaban J connectivity index is 1.26. The van der Waals surface area contributed by atoms with E-state index in [1.807, 2.05) is 25.1 Å². The van der Waals surface area contributed by atoms with Gasteiger partial charge in [-0.2, -0.15) is 0 Å². The molecule has 1 saturated heterocycles. The second-order valence-electron chi connectivity index (χ2n) is 9.69. The number of aryl methyl sites for hydroxylation is 1. The van der Waals surface area contributed by atoms with E-state index in [9.17, 15) is 9.90 Å². The Morgan fingerprint density at radius 3 is 2.82 bits per heavy atom. The molecule has 10 nitrogen and oxygen atoms in total. The van der Waals surface area contributed by atoms with Crippen molar-refractivity contribution in [3.63, 3.8) is 0 Å². The van der Waals surface area contributed by atoms with Gasteiger partial charge in [0.25, 0.3) is 0 Å². The van der Waals surface area contributed by atoms with Crippen molar-refractivity contribution >= 4 is 23.2 Å². The van der Waals surface area contributed by atoms with Crippen LogP contribution in [0, 0.1) is 6.92 Å². The number of hydrogen-bond donors (Lipinski definition) is 2. The molecule has 2 amide bonds. The zero-order chi connectivity index (χ0) is 26.1. The van der Waals surface area contributed by atoms with Crippen LogP contribution < -0.4 is 10.2 Å². The van der Waals surface area contributed by atoms with E-state index in [-0.39, 0.29) is 11.8 Å². The van der Waals surface area contributed by atoms with Crippen LogP contribution >= 0.6 is 0 Å². The summed E-state index contributed by atoms with van der Waals surface area (Å²) in [5.41, 5.74) is 5.27. The molecule has 1 fully saturated rings. The second kappa shape index (κ2) is 10.2. The smallest absolute Gasteiger partial charge is 0.322 e. The molecule has 2 N–H and O–H groups in total. The van der Waals surface area contributed by atoms with Crippen LogP contribution in [0.2, 0.25) is 0 Å². The molecule has 3 aliphatic heterocycles. The lowest BCUT2D eigenvalue weighted by Crippen LogP contribution is -2.38. The van der Waals surface area contributed by atoms with Crippen molar-refractivity contribution in [1.82, 2.24) is 19.9 Å². The minimum Gasteiger partial charge on any atom is -0.510 e. The minimum absolute atomic E-state index is 0.205. The molecule has 1 unspecified atom stereocenters. The van der Waals surface area contributed by atoms with Crippen molar-refractivity contribution < 1.29 is 14.6 Å². The maximum Gasteiger partial charge on any atom is 0.322 e. The fraction of sp³-hybridized carbons (Fsp3) is 0.321. The Bertz CT molecular complexity index is 1420. The standard InChI is InChI=1S/C28H29N7O3/c1-18-4-2-5-19(12-18)22-13-25(36)23(31-22)14-26-32-24-17-35(28(37)30-20-6-3-7-29-15-20)16-21(24)27(33-26)34-8-10-38-11-9-34/h2-7,12-13,15,23,36H,8-11,14,16-17H2,1H3,(H,30,37). The predicted octanol–water partition coefficient (Wildman–Crippen LogP) is 3.42. The highest BCUT2D eigenvalue weighted by atomic mass is 16.5. The van der Waals surface area contributed by atoms with E-state index in [2.05, 4.69) is 21.3 Å². The monoisotopic (exact) mass is 511 g/mol. The molecule has 0 aliphatic carbocycles. The fourth-order valence-electron chi connectivity index (χ4n) is 4.99. The Kier molecular flexibility index (Phi) is 6.47. The van der Waals surface area contributed by atoms with E-state index in [1.165, 1.54) is 0 Å². The first-order valence-corrected chi connectivity index (χ1v) is 12.8. The van der Waals surface area contributed by atoms with Crippen LogP contribution in [0.5, 0.6) is 0 Å². The number of rotatable bonds is 5. The molecule has 2 aromatic heterocycles. The summed E-state index contributed by atoms with van der Waals surface area (Å²) in [7, 11) is 0. The van der Waals surface area contributed by atoms with E-state index in [0.717, 1.165) is 47.0 Å². The summed E-state index contributed by atoms with van der Waals surface area (Å²) in [5.74, 6) is 1.63. The minimum atomic E-state index is -0.451. The number of hydrogen-bond acceptors (Lipinski definition) is 8. The van der Waals surface area contributed by atoms with E-state index in [1.54, 1.807) is 35.5 Å². The number of anilines is 2. The number of carbonyl (C=O) groups excluding carboxylic acids is 1. The zero-order valence-corrected chi connectivity index (χ0v) is 21.2. The summed E-state index contributed by atoms with van der Waals surface area (Å²) < 4.78 is 5.56. The Morgan fingerprint density at radius 1 is 1.16 bits per heavy atom. The van der Waals surface area contributed by atoms with E-state index in [0.29, 0.717) is 44.2 Å². The molecule has 38 heavy (non-hydrogen) atoms. The molecule has 0 spiro atoms. The van der Waals surface area contributed by atoms with Gasteiger partial charge in [-0.1, -0.05) is 23.8 Å². The number of urea groups is 1. The van der Waals surface area contributed by atoms with Crippen molar-refractivity contribution in [2.45, 2.75) is 32.5 Å². The van der Waals surface area contributed by atoms with E-state index >= 15 is 0 Å². The van der Waals surface area contributed by atoms with Gasteiger partial charge in [-0.3, -0.25) is 9.98 Å². The highest BCUT2D eigenvalue weighted by Crippen LogP contribution is 2.31. The summed E-state index contributed by atoms with van der Waals surface area (Å²) in [4.78, 5) is 35.6. The number of allylic oxidation sites excluding steroid dienone is 1. The number of morpholine rings is 1. The maximum absolute atomic E-state index is 13.0. The van der Waals surface area contributed by atoms with Crippen LogP contribution in [0.15, 0.2) is 65.6 Å². The van der Waals surface area contributed by atoms with Crippen LogP contribution in [0.3, 0.4) is 0 Å². The number of nitrogens with zero attached hydrogens (tertiary/aromatic N) is 6. The summed E-state index contributed by atoms with van der Waals surface area (Å²) >= 11 is 0. The van der Waals surface area contributed by atoms with Crippen molar-refractivity contribution in [2.75, 3.05) is 36.5 Å². The third kappa shape index (κ3) is 4.95. The molecule has 194 valence electrons. The van der Waals surface area contributed by atoms with Crippen LogP contribution in [-0.4, -0.2) is 69.0 Å². The Hall–Kier alpha value is -4.31. The van der Waals surface area contributed by atoms with Gasteiger partial charge < -0.3 is 25.0 Å². The first-order valence-electron chi connectivity index (χ1n) is 12.8. The molecule has 10 heteroatoms. The number of aliphatic hydroxyl groups is 1. The third-order valence-corrected chi connectivity index (χ3v) is 6.93. The number of aliphatic imine (C=N–C) groups is 1. The number of ether oxygens (including phenoxy) is 1. The molecule has 0 saturated carbocycles. The number of aromatic nitrogens is 3. The van der Waals surface area contributed by atoms with Crippen LogP contribution in [-0.2, 0) is 24.2 Å². The second-order valence-corrected chi connectivity index (χ2v) is 9.69. The van der Waals surface area contributed by atoms with Gasteiger partial charge >= 0.3 is 6.03 Å². The van der Waals surface area contributed by atoms with Crippen molar-refractivity contribution in [2.24, 2.45) is 4.99 Å². The first-order chi connectivity index (χ1) is 18.5. The van der Waals surface area contributed by atoms with Gasteiger partial charge in [-0.05, 0) is 25.1 Å². The third-order valence-electron chi connectivity index (χ3n) is 6.93. The number of pyridine rings is 1. The lowest BCUT2D eigenvalue weighted by molar-refractivity contribution is 0.122. The van der Waals surface area contributed by atoms with Gasteiger partial charge in [-0.25, -0.2) is 14.8 Å². The summed E-state index contributed by atoms with van der Waals surface area (Å²) in [6, 6.07) is 11.0. The Labute approximate surface area is 220 Å². The molecule has 6 rings (SSSR count). The lowest BCUT2D eigenvalue weighted by atomic mass is 10.1. The molecule has 3 aliphatic rings. The number of nitrogens with one attached hydrogen (secondary N) is 1. The highest BCUT2D eigenvalue weighted by Gasteiger charge is 2.32. The first kappa shape index (κ1) is 24.1. The van der Waals surface area contributed by atoms with Gasteiger partial charge in [0, 0.05) is 42.9 Å². The van der Waals surface area contributed by atoms with Gasteiger partial charge in [-0.15, -0.1) is 0 Å². The SMILES string of the molecule is Cc1cccc(C2=NC(Cc3nc4c(c(N5CCOCC5)n3)CN(C(=O)Nc3cccnc3)C4)C(O)=C2)c1. The molecule has 5 heterocycles. The van der Waals surface area contributed by atoms with Gasteiger partial charge in [0.05, 0.1) is 49.6 Å². The van der Waals surface area contributed by atoms with Crippen molar-refractivity contribution in [1.29, 1.82) is 0 Å². The van der Waals surface area contributed by atoms with Gasteiger partial charge in [0.1, 0.15) is 23.4 Å². The van der Waals surface area contributed by atoms with Crippen LogP contribution in [0.25, 0.3) is 0 Å². The molecule has 1 atom stereocenters. The number of benzene rings is 1. The van der Waals surface area contributed by atoms with Crippen LogP contribution in [0.4, 0.5) is 16.3 Å². The Morgan fingerprint density at radius 2 is 2.03 bits per heavy atom. The number of amides is 2. The summed E-state index contributed by atoms with van der Waals surface area (Å²) in [5, 5.41) is 13.6. The van der Waals surface area contributed by atoms with Crippen molar-refractivity contribution in [3.8, 4) is 0 Å². The average molecular weight is 512 g/mol. The molecule has 0 bridgehead atoms. The van der Waals surface area contributed by atoms with E-state index in [4.69, 9.17) is 19.7 Å². The maximum atomic E-state index is 13.0. The summed E-state index contributed by atoms with van der Waals surface area (Å²) in [6.45, 7) is 5.50. The fourth-order valence-corrected chi connectivity index (χ4v) is 4.99. The van der Waals surface area contributed by atoms with E-state index < -0.39 is 6.04 Å². The zero-order valence-electron chi connectivity index (χ0n) is 21.2. The largest absolute Gasteiger partial charge is 0.510 e. The quantitative estimate of drug-likeness (QED) is 0.539. The van der Waals surface area contributed by atoms with Gasteiger partial charge in [0.15, 0.2) is 0 Å². The van der Waals surface area contributed by atoms with Gasteiger partial charge in [0.2, 0.25) is 0 Å². The molecule has 3 aromatic rings. The number of aliphatic hydroxyl groups excluding tert-OH is 1. The predicted molar refractivity (Wildman–Crippen MR) is 143 cm³/mol. The lowest BCUT2D eigenvalue weighted by Gasteiger charge is -2.29. The van der Waals surface area contributed by atoms with Crippen molar-refractivity contribution in [3.05, 3.63) is 88.8 Å². The molecular formula is C28H29N7O3. The average Bonchev–Trinajstić information content (AvgIpc) is 3.53. The van der Waals surface area contributed by atoms with Crippen LogP contribution in [0.1, 0.15) is 28.2 Å². The topological polar surface area (TPSA) is 116 Å². The summed E-state index contributed by atoms with van der Waals surface area (Å²) in [6.07, 6.45) is 5.37. The molecule has 1 aromatic carbocycles. The number of carbonyl (C=O) groups is 1. The normalized spacial score (nSPS) is 18.7.